The molecular formula is C10H8Cl4N3O2+. The molecule has 1 aromatic carbocycles. The highest BCUT2D eigenvalue weighted by Crippen LogP contribution is 2.40. The summed E-state index contributed by atoms with van der Waals surface area (Å²) in [5.74, 6) is -0.936. The summed E-state index contributed by atoms with van der Waals surface area (Å²) in [6.07, 6.45) is -0.0960. The van der Waals surface area contributed by atoms with Crippen LogP contribution in [-0.2, 0) is 4.79 Å². The lowest BCUT2D eigenvalue weighted by atomic mass is 10.2. The first-order valence-electron chi connectivity index (χ1n) is 5.18. The Hall–Kier alpha value is -0.750. The minimum absolute atomic E-state index is 0.0960. The Morgan fingerprint density at radius 3 is 2.42 bits per heavy atom. The van der Waals surface area contributed by atoms with Gasteiger partial charge in [-0.25, -0.2) is 0 Å². The number of aliphatic carboxylic acids is 1. The van der Waals surface area contributed by atoms with Gasteiger partial charge in [0.1, 0.15) is 16.1 Å². The Labute approximate surface area is 128 Å². The van der Waals surface area contributed by atoms with Crippen molar-refractivity contribution in [1.82, 2.24) is 9.90 Å². The van der Waals surface area contributed by atoms with Crippen LogP contribution in [0.15, 0.2) is 0 Å². The number of carbonyl (C=O) groups is 1. The fourth-order valence-electron chi connectivity index (χ4n) is 1.61. The predicted molar refractivity (Wildman–Crippen MR) is 73.3 cm³/mol. The third kappa shape index (κ3) is 2.60. The number of nitrogens with one attached hydrogen (secondary N) is 1. The molecule has 19 heavy (non-hydrogen) atoms. The van der Waals surface area contributed by atoms with Crippen molar-refractivity contribution in [2.75, 3.05) is 0 Å². The number of carboxylic acids is 1. The largest absolute Gasteiger partial charge is 0.481 e. The molecular weight excluding hydrogens is 336 g/mol. The van der Waals surface area contributed by atoms with Crippen molar-refractivity contribution in [3.63, 3.8) is 0 Å². The number of aromatic nitrogens is 3. The van der Waals surface area contributed by atoms with Crippen molar-refractivity contribution < 1.29 is 15.0 Å². The fraction of sp³-hybridized carbons (Fsp3) is 0.300. The molecule has 2 aromatic rings. The quantitative estimate of drug-likeness (QED) is 0.685. The lowest BCUT2D eigenvalue weighted by molar-refractivity contribution is -0.476. The summed E-state index contributed by atoms with van der Waals surface area (Å²) in [5.41, 5.74) is 0.761. The van der Waals surface area contributed by atoms with Gasteiger partial charge >= 0.3 is 5.97 Å². The minimum Gasteiger partial charge on any atom is -0.481 e. The molecule has 0 radical (unpaired) electrons. The van der Waals surface area contributed by atoms with Crippen LogP contribution in [0.5, 0.6) is 0 Å². The molecule has 1 heterocycles. The van der Waals surface area contributed by atoms with Crippen LogP contribution in [0.3, 0.4) is 0 Å². The first kappa shape index (κ1) is 14.7. The van der Waals surface area contributed by atoms with Crippen molar-refractivity contribution in [1.29, 1.82) is 0 Å². The van der Waals surface area contributed by atoms with Crippen LogP contribution < -0.4 is 5.10 Å². The smallest absolute Gasteiger partial charge is 0.305 e. The maximum absolute atomic E-state index is 10.7. The van der Waals surface area contributed by atoms with Gasteiger partial charge in [0.25, 0.3) is 5.52 Å². The van der Waals surface area contributed by atoms with E-state index in [1.807, 2.05) is 0 Å². The van der Waals surface area contributed by atoms with Gasteiger partial charge < -0.3 is 5.11 Å². The Kier molecular flexibility index (Phi) is 4.11. The van der Waals surface area contributed by atoms with Gasteiger partial charge in [-0.2, -0.15) is 5.10 Å². The molecule has 0 aliphatic carbocycles. The maximum atomic E-state index is 10.7. The third-order valence-corrected chi connectivity index (χ3v) is 4.36. The van der Waals surface area contributed by atoms with Gasteiger partial charge in [0.05, 0.1) is 21.6 Å². The minimum atomic E-state index is -0.936. The monoisotopic (exact) mass is 342 g/mol. The highest BCUT2D eigenvalue weighted by atomic mass is 35.5. The molecule has 0 aliphatic heterocycles. The van der Waals surface area contributed by atoms with E-state index in [-0.39, 0.29) is 26.5 Å². The number of H-pyrrole nitrogens is 1. The molecule has 0 amide bonds. The van der Waals surface area contributed by atoms with Crippen molar-refractivity contribution >= 4 is 63.4 Å². The number of aromatic amines is 1. The maximum Gasteiger partial charge on any atom is 0.305 e. The van der Waals surface area contributed by atoms with Gasteiger partial charge in [-0.05, 0) is 11.7 Å². The number of nitrogens with zero attached hydrogens (tertiary/aromatic N) is 2. The molecule has 0 saturated carbocycles. The highest BCUT2D eigenvalue weighted by molar-refractivity contribution is 6.54. The number of benzene rings is 1. The van der Waals surface area contributed by atoms with E-state index in [1.54, 1.807) is 6.92 Å². The summed E-state index contributed by atoms with van der Waals surface area (Å²) in [5, 5.41) is 16.4. The molecule has 0 spiro atoms. The zero-order chi connectivity index (χ0) is 14.3. The van der Waals surface area contributed by atoms with Gasteiger partial charge in [0.2, 0.25) is 5.52 Å². The Morgan fingerprint density at radius 2 is 1.84 bits per heavy atom. The first-order chi connectivity index (χ1) is 8.82. The van der Waals surface area contributed by atoms with E-state index in [2.05, 4.69) is 10.2 Å². The van der Waals surface area contributed by atoms with E-state index in [9.17, 15) is 4.79 Å². The molecule has 0 bridgehead atoms. The summed E-state index contributed by atoms with van der Waals surface area (Å²) >= 11 is 24.0. The van der Waals surface area contributed by atoms with Crippen molar-refractivity contribution in [2.24, 2.45) is 0 Å². The molecule has 0 aliphatic rings. The number of hydrogen-bond acceptors (Lipinski definition) is 2. The van der Waals surface area contributed by atoms with Crippen LogP contribution >= 0.6 is 46.4 Å². The Balaban J connectivity index is 2.60. The van der Waals surface area contributed by atoms with Gasteiger partial charge in [-0.3, -0.25) is 4.79 Å². The summed E-state index contributed by atoms with van der Waals surface area (Å²) in [6.45, 7) is 1.70. The van der Waals surface area contributed by atoms with E-state index < -0.39 is 12.0 Å². The molecule has 9 heteroatoms. The van der Waals surface area contributed by atoms with E-state index in [0.29, 0.717) is 11.0 Å². The summed E-state index contributed by atoms with van der Waals surface area (Å²) in [7, 11) is 0. The topological polar surface area (TPSA) is 69.3 Å². The normalized spacial score (nSPS) is 12.9. The number of fused-ring (bicyclic) bond motifs is 1. The molecule has 5 nitrogen and oxygen atoms in total. The van der Waals surface area contributed by atoms with Crippen LogP contribution in [0.4, 0.5) is 0 Å². The number of carboxylic acid groups (broad SMARTS) is 1. The molecule has 2 N–H and O–H groups in total. The molecule has 2 rings (SSSR count). The predicted octanol–water partition coefficient (Wildman–Crippen LogP) is 3.50. The van der Waals surface area contributed by atoms with Crippen LogP contribution in [0.25, 0.3) is 11.0 Å². The fourth-order valence-corrected chi connectivity index (χ4v) is 2.53. The van der Waals surface area contributed by atoms with Crippen LogP contribution in [-0.4, -0.2) is 21.0 Å². The Morgan fingerprint density at radius 1 is 1.26 bits per heavy atom. The second-order valence-electron chi connectivity index (χ2n) is 3.98. The summed E-state index contributed by atoms with van der Waals surface area (Å²) in [6, 6.07) is -0.394. The van der Waals surface area contributed by atoms with E-state index >= 15 is 0 Å². The van der Waals surface area contributed by atoms with Gasteiger partial charge in [0, 0.05) is 0 Å². The van der Waals surface area contributed by atoms with E-state index in [1.165, 1.54) is 4.80 Å². The second kappa shape index (κ2) is 5.32. The van der Waals surface area contributed by atoms with Gasteiger partial charge in [-0.1, -0.05) is 46.4 Å². The molecule has 1 unspecified atom stereocenters. The standard InChI is InChI=1S/C10H7Cl4N3O2/c1-3(2-4(18)19)17-15-9-7(13)5(11)6(12)8(14)10(9)16-17/h3H,2H2,1H3,(H,18,19)/p+1. The van der Waals surface area contributed by atoms with Gasteiger partial charge in [-0.15, -0.1) is 0 Å². The highest BCUT2D eigenvalue weighted by Gasteiger charge is 2.27. The molecule has 1 atom stereocenters. The van der Waals surface area contributed by atoms with Crippen molar-refractivity contribution in [3.05, 3.63) is 20.1 Å². The number of rotatable bonds is 3. The van der Waals surface area contributed by atoms with Crippen molar-refractivity contribution in [3.8, 4) is 0 Å². The van der Waals surface area contributed by atoms with E-state index in [0.717, 1.165) is 0 Å². The average molecular weight is 344 g/mol. The number of hydrogen-bond donors (Lipinski definition) is 1. The first-order valence-corrected chi connectivity index (χ1v) is 6.69. The summed E-state index contributed by atoms with van der Waals surface area (Å²) < 4.78 is 0. The zero-order valence-electron chi connectivity index (χ0n) is 9.55. The SMILES string of the molecule is CC(CC(=O)O)n1nc2c(Cl)c(Cl)c(Cl)c(Cl)c2[nH+]1. The summed E-state index contributed by atoms with van der Waals surface area (Å²) in [4.78, 5) is 12.1. The van der Waals surface area contributed by atoms with Crippen LogP contribution in [0.1, 0.15) is 19.4 Å². The Bertz CT molecular complexity index is 626. The van der Waals surface area contributed by atoms with Crippen LogP contribution in [0, 0.1) is 0 Å². The average Bonchev–Trinajstić information content (AvgIpc) is 2.78. The van der Waals surface area contributed by atoms with E-state index in [4.69, 9.17) is 51.5 Å². The lowest BCUT2D eigenvalue weighted by Crippen LogP contribution is -2.25. The molecule has 0 fully saturated rings. The molecule has 1 aromatic heterocycles. The third-order valence-electron chi connectivity index (χ3n) is 2.56. The lowest BCUT2D eigenvalue weighted by Gasteiger charge is -2.00. The van der Waals surface area contributed by atoms with Crippen LogP contribution in [0.2, 0.25) is 20.1 Å². The number of halogens is 4. The molecule has 102 valence electrons. The second-order valence-corrected chi connectivity index (χ2v) is 5.49. The van der Waals surface area contributed by atoms with Crippen molar-refractivity contribution in [2.45, 2.75) is 19.4 Å². The zero-order valence-corrected chi connectivity index (χ0v) is 12.6. The van der Waals surface area contributed by atoms with Gasteiger partial charge in [0.15, 0.2) is 0 Å². The molecule has 0 saturated heterocycles.